The largest absolute Gasteiger partial charge is 0.289 e. The van der Waals surface area contributed by atoms with E-state index in [9.17, 15) is 4.79 Å². The van der Waals surface area contributed by atoms with Gasteiger partial charge in [-0.05, 0) is 6.92 Å². The first-order valence-electron chi connectivity index (χ1n) is 2.38. The van der Waals surface area contributed by atoms with Gasteiger partial charge in [-0.1, -0.05) is 6.58 Å². The van der Waals surface area contributed by atoms with Gasteiger partial charge in [-0.3, -0.25) is 15.2 Å². The predicted octanol–water partition coefficient (Wildman–Crippen LogP) is -0.419. The van der Waals surface area contributed by atoms with E-state index in [0.29, 0.717) is 5.71 Å². The summed E-state index contributed by atoms with van der Waals surface area (Å²) in [6, 6.07) is 0. The third kappa shape index (κ3) is 2.61. The van der Waals surface area contributed by atoms with Crippen LogP contribution in [-0.2, 0) is 4.79 Å². The van der Waals surface area contributed by atoms with Crippen LogP contribution >= 0.6 is 0 Å². The molecule has 0 aromatic heterocycles. The minimum Gasteiger partial charge on any atom is -0.289 e. The van der Waals surface area contributed by atoms with Crippen molar-refractivity contribution in [1.29, 1.82) is 0 Å². The Morgan fingerprint density at radius 3 is 2.78 bits per heavy atom. The predicted molar refractivity (Wildman–Crippen MR) is 35.6 cm³/mol. The summed E-state index contributed by atoms with van der Waals surface area (Å²) in [6.07, 6.45) is 1.28. The van der Waals surface area contributed by atoms with Gasteiger partial charge in [-0.25, -0.2) is 5.84 Å². The van der Waals surface area contributed by atoms with Crippen LogP contribution in [0, 0.1) is 0 Å². The van der Waals surface area contributed by atoms with Crippen LogP contribution in [0.3, 0.4) is 0 Å². The molecule has 0 bridgehead atoms. The molecule has 0 spiro atoms. The molecule has 0 aliphatic carbocycles. The number of nitrogens with two attached hydrogens (primary N) is 1. The summed E-state index contributed by atoms with van der Waals surface area (Å²) in [5.74, 6) is 4.39. The molecule has 0 rings (SSSR count). The number of nitrogens with zero attached hydrogens (tertiary/aromatic N) is 1. The van der Waals surface area contributed by atoms with E-state index >= 15 is 0 Å². The molecule has 0 aliphatic heterocycles. The Bertz CT molecular complexity index is 150. The van der Waals surface area contributed by atoms with Crippen LogP contribution in [0.2, 0.25) is 0 Å². The summed E-state index contributed by atoms with van der Waals surface area (Å²) in [5, 5.41) is 0. The van der Waals surface area contributed by atoms with Gasteiger partial charge in [0.05, 0.1) is 0 Å². The highest BCUT2D eigenvalue weighted by molar-refractivity contribution is 6.37. The van der Waals surface area contributed by atoms with E-state index in [0.717, 1.165) is 0 Å². The maximum absolute atomic E-state index is 10.5. The van der Waals surface area contributed by atoms with E-state index < -0.39 is 5.91 Å². The maximum atomic E-state index is 10.5. The first kappa shape index (κ1) is 7.84. The normalized spacial score (nSPS) is 10.7. The molecule has 4 heteroatoms. The van der Waals surface area contributed by atoms with Crippen molar-refractivity contribution in [3.05, 3.63) is 12.8 Å². The lowest BCUT2D eigenvalue weighted by molar-refractivity contribution is -0.114. The van der Waals surface area contributed by atoms with Gasteiger partial charge in [0, 0.05) is 6.20 Å². The summed E-state index contributed by atoms with van der Waals surface area (Å²) < 4.78 is 0. The van der Waals surface area contributed by atoms with Crippen LogP contribution in [0.1, 0.15) is 6.92 Å². The van der Waals surface area contributed by atoms with E-state index in [1.165, 1.54) is 6.20 Å². The van der Waals surface area contributed by atoms with E-state index in [2.05, 4.69) is 11.6 Å². The van der Waals surface area contributed by atoms with Crippen LogP contribution < -0.4 is 11.3 Å². The summed E-state index contributed by atoms with van der Waals surface area (Å²) >= 11 is 0. The Hall–Kier alpha value is -1.16. The summed E-state index contributed by atoms with van der Waals surface area (Å²) in [6.45, 7) is 4.85. The third-order valence-electron chi connectivity index (χ3n) is 0.745. The van der Waals surface area contributed by atoms with Crippen molar-refractivity contribution in [3.8, 4) is 0 Å². The number of carbonyl (C=O) groups is 1. The Labute approximate surface area is 53.4 Å². The van der Waals surface area contributed by atoms with Gasteiger partial charge in [0.15, 0.2) is 0 Å². The molecule has 0 saturated heterocycles. The SMILES string of the molecule is C=C/N=C(\C)C(=O)NN. The van der Waals surface area contributed by atoms with Crippen LogP contribution in [-0.4, -0.2) is 11.6 Å². The molecule has 0 atom stereocenters. The molecule has 9 heavy (non-hydrogen) atoms. The molecule has 0 fully saturated rings. The summed E-state index contributed by atoms with van der Waals surface area (Å²) in [7, 11) is 0. The van der Waals surface area contributed by atoms with Crippen molar-refractivity contribution in [2.24, 2.45) is 10.8 Å². The van der Waals surface area contributed by atoms with Crippen molar-refractivity contribution in [1.82, 2.24) is 5.43 Å². The van der Waals surface area contributed by atoms with Gasteiger partial charge < -0.3 is 0 Å². The highest BCUT2D eigenvalue weighted by Gasteiger charge is 1.98. The molecule has 50 valence electrons. The fraction of sp³-hybridized carbons (Fsp3) is 0.200. The first-order chi connectivity index (χ1) is 4.22. The number of amides is 1. The molecule has 0 aromatic carbocycles. The van der Waals surface area contributed by atoms with Gasteiger partial charge in [0.25, 0.3) is 5.91 Å². The lowest BCUT2D eigenvalue weighted by atomic mass is 10.4. The lowest BCUT2D eigenvalue weighted by Crippen LogP contribution is -2.34. The van der Waals surface area contributed by atoms with Crippen molar-refractivity contribution in [3.63, 3.8) is 0 Å². The quantitative estimate of drug-likeness (QED) is 0.229. The average molecular weight is 127 g/mol. The first-order valence-corrected chi connectivity index (χ1v) is 2.38. The zero-order valence-corrected chi connectivity index (χ0v) is 5.22. The molecule has 0 heterocycles. The molecule has 1 amide bonds. The Morgan fingerprint density at radius 2 is 2.44 bits per heavy atom. The van der Waals surface area contributed by atoms with E-state index in [4.69, 9.17) is 5.84 Å². The smallest absolute Gasteiger partial charge is 0.279 e. The Balaban J connectivity index is 4.01. The van der Waals surface area contributed by atoms with E-state index in [-0.39, 0.29) is 0 Å². The highest BCUT2D eigenvalue weighted by Crippen LogP contribution is 1.76. The number of nitrogens with one attached hydrogen (secondary N) is 1. The second-order valence-corrected chi connectivity index (χ2v) is 1.37. The fourth-order valence-electron chi connectivity index (χ4n) is 0.300. The average Bonchev–Trinajstić information content (AvgIpc) is 1.87. The second-order valence-electron chi connectivity index (χ2n) is 1.37. The van der Waals surface area contributed by atoms with Crippen LogP contribution in [0.25, 0.3) is 0 Å². The summed E-state index contributed by atoms with van der Waals surface area (Å²) in [4.78, 5) is 14.1. The van der Waals surface area contributed by atoms with E-state index in [1.807, 2.05) is 5.43 Å². The minimum atomic E-state index is -0.394. The number of rotatable bonds is 2. The number of hydrazine groups is 1. The van der Waals surface area contributed by atoms with Gasteiger partial charge in [-0.2, -0.15) is 0 Å². The van der Waals surface area contributed by atoms with Gasteiger partial charge in [0.1, 0.15) is 5.71 Å². The molecular formula is C5H9N3O. The monoisotopic (exact) mass is 127 g/mol. The highest BCUT2D eigenvalue weighted by atomic mass is 16.2. The van der Waals surface area contributed by atoms with Crippen LogP contribution in [0.15, 0.2) is 17.8 Å². The molecule has 0 saturated carbocycles. The standard InChI is InChI=1S/C5H9N3O/c1-3-7-4(2)5(9)8-6/h3H,1,6H2,2H3,(H,8,9)/b7-4+. The van der Waals surface area contributed by atoms with E-state index in [1.54, 1.807) is 6.92 Å². The number of hydrogen-bond acceptors (Lipinski definition) is 3. The van der Waals surface area contributed by atoms with Gasteiger partial charge >= 0.3 is 0 Å². The second kappa shape index (κ2) is 3.80. The molecule has 0 unspecified atom stereocenters. The van der Waals surface area contributed by atoms with Gasteiger partial charge in [0.2, 0.25) is 0 Å². The fourth-order valence-corrected chi connectivity index (χ4v) is 0.300. The zero-order valence-electron chi connectivity index (χ0n) is 5.22. The molecule has 0 radical (unpaired) electrons. The topological polar surface area (TPSA) is 67.5 Å². The van der Waals surface area contributed by atoms with Crippen molar-refractivity contribution >= 4 is 11.6 Å². The summed E-state index contributed by atoms with van der Waals surface area (Å²) in [5.41, 5.74) is 2.23. The molecule has 0 aliphatic rings. The number of carbonyl (C=O) groups excluding carboxylic acids is 1. The maximum Gasteiger partial charge on any atom is 0.279 e. The van der Waals surface area contributed by atoms with Crippen molar-refractivity contribution in [2.45, 2.75) is 6.92 Å². The molecule has 4 nitrogen and oxygen atoms in total. The zero-order chi connectivity index (χ0) is 7.28. The molecular weight excluding hydrogens is 118 g/mol. The minimum absolute atomic E-state index is 0.299. The number of hydrogen-bond donors (Lipinski definition) is 2. The van der Waals surface area contributed by atoms with Crippen molar-refractivity contribution < 1.29 is 4.79 Å². The Kier molecular flexibility index (Phi) is 3.31. The lowest BCUT2D eigenvalue weighted by Gasteiger charge is -1.93. The van der Waals surface area contributed by atoms with Crippen molar-refractivity contribution in [2.75, 3.05) is 0 Å². The van der Waals surface area contributed by atoms with Crippen LogP contribution in [0.4, 0.5) is 0 Å². The molecule has 0 aromatic rings. The Morgan fingerprint density at radius 1 is 1.89 bits per heavy atom. The molecule has 3 N–H and O–H groups in total. The van der Waals surface area contributed by atoms with Gasteiger partial charge in [-0.15, -0.1) is 0 Å². The van der Waals surface area contributed by atoms with Crippen LogP contribution in [0.5, 0.6) is 0 Å². The third-order valence-corrected chi connectivity index (χ3v) is 0.745. The number of aliphatic imine (C=N–C) groups is 1.